The average Bonchev–Trinajstić information content (AvgIpc) is 3.12. The minimum absolute atomic E-state index is 0.0719. The van der Waals surface area contributed by atoms with Gasteiger partial charge in [-0.05, 0) is 44.7 Å². The number of alkyl carbamates (subject to hydrolysis) is 1. The van der Waals surface area contributed by atoms with Crippen molar-refractivity contribution in [1.82, 2.24) is 15.1 Å². The standard InChI is InChI=1S/C26H37BN4O6/c1-26(2,31-12-14-36-15-13-31)16-21(18-28)24(32)30-11-7-6-10-22(19-30)37-25(33)29-23(17-27(34)35)20-8-4-3-5-9-20/h3-5,8-9,16,22-23,34-35H,6-7,10-15,17,19H2,1-2H3,(H,29,33)/t22-,23+/m0/s1. The van der Waals surface area contributed by atoms with Crippen LogP contribution in [-0.4, -0.2) is 90.0 Å². The van der Waals surface area contributed by atoms with Gasteiger partial charge in [-0.3, -0.25) is 9.69 Å². The Kier molecular flexibility index (Phi) is 10.5. The van der Waals surface area contributed by atoms with Crippen molar-refractivity contribution in [3.05, 3.63) is 47.5 Å². The summed E-state index contributed by atoms with van der Waals surface area (Å²) in [6.07, 6.45) is 2.47. The largest absolute Gasteiger partial charge is 0.453 e. The van der Waals surface area contributed by atoms with Gasteiger partial charge in [0.1, 0.15) is 17.7 Å². The molecule has 2 aliphatic rings. The van der Waals surface area contributed by atoms with E-state index in [2.05, 4.69) is 16.3 Å². The van der Waals surface area contributed by atoms with Crippen LogP contribution in [-0.2, 0) is 14.3 Å². The number of likely N-dealkylation sites (tertiary alicyclic amines) is 1. The summed E-state index contributed by atoms with van der Waals surface area (Å²) in [6.45, 7) is 7.29. The molecule has 3 N–H and O–H groups in total. The van der Waals surface area contributed by atoms with Gasteiger partial charge in [0.15, 0.2) is 0 Å². The summed E-state index contributed by atoms with van der Waals surface area (Å²) in [4.78, 5) is 29.8. The molecule has 1 aromatic rings. The van der Waals surface area contributed by atoms with E-state index in [4.69, 9.17) is 9.47 Å². The Hall–Kier alpha value is -2.91. The number of carbonyl (C=O) groups excluding carboxylic acids is 2. The minimum atomic E-state index is -1.60. The third kappa shape index (κ3) is 8.57. The molecule has 0 saturated carbocycles. The van der Waals surface area contributed by atoms with E-state index >= 15 is 0 Å². The van der Waals surface area contributed by atoms with Crippen molar-refractivity contribution in [2.24, 2.45) is 0 Å². The van der Waals surface area contributed by atoms with E-state index in [1.54, 1.807) is 35.2 Å². The monoisotopic (exact) mass is 512 g/mol. The van der Waals surface area contributed by atoms with Crippen molar-refractivity contribution in [2.75, 3.05) is 39.4 Å². The predicted molar refractivity (Wildman–Crippen MR) is 138 cm³/mol. The summed E-state index contributed by atoms with van der Waals surface area (Å²) in [6, 6.07) is 10.4. The van der Waals surface area contributed by atoms with Gasteiger partial charge in [0.2, 0.25) is 0 Å². The lowest BCUT2D eigenvalue weighted by Crippen LogP contribution is -2.49. The number of morpholine rings is 1. The third-order valence-corrected chi connectivity index (χ3v) is 6.80. The molecule has 0 aliphatic carbocycles. The number of nitrogens with one attached hydrogen (secondary N) is 1. The van der Waals surface area contributed by atoms with Crippen LogP contribution in [0.4, 0.5) is 4.79 Å². The second-order valence-corrected chi connectivity index (χ2v) is 10.0. The number of carbonyl (C=O) groups is 2. The van der Waals surface area contributed by atoms with Crippen molar-refractivity contribution < 1.29 is 29.1 Å². The minimum Gasteiger partial charge on any atom is -0.444 e. The van der Waals surface area contributed by atoms with Crippen molar-refractivity contribution >= 4 is 19.1 Å². The molecule has 2 atom stereocenters. The van der Waals surface area contributed by atoms with Crippen molar-refractivity contribution in [2.45, 2.75) is 57.1 Å². The molecular formula is C26H37BN4O6. The first-order valence-corrected chi connectivity index (χ1v) is 12.8. The Morgan fingerprint density at radius 3 is 2.59 bits per heavy atom. The number of hydrogen-bond donors (Lipinski definition) is 3. The first-order chi connectivity index (χ1) is 17.7. The van der Waals surface area contributed by atoms with Crippen LogP contribution in [0.2, 0.25) is 6.32 Å². The number of hydrogen-bond acceptors (Lipinski definition) is 8. The normalized spacial score (nSPS) is 20.4. The van der Waals surface area contributed by atoms with Crippen LogP contribution in [0.15, 0.2) is 42.0 Å². The highest BCUT2D eigenvalue weighted by Gasteiger charge is 2.31. The number of nitriles is 1. The molecule has 0 aromatic heterocycles. The van der Waals surface area contributed by atoms with Crippen LogP contribution in [0.5, 0.6) is 0 Å². The van der Waals surface area contributed by atoms with Crippen molar-refractivity contribution in [3.8, 4) is 6.07 Å². The van der Waals surface area contributed by atoms with E-state index in [0.717, 1.165) is 31.5 Å². The molecule has 2 aliphatic heterocycles. The number of benzene rings is 1. The maximum atomic E-state index is 13.3. The topological polar surface area (TPSA) is 135 Å². The third-order valence-electron chi connectivity index (χ3n) is 6.80. The van der Waals surface area contributed by atoms with E-state index in [9.17, 15) is 24.9 Å². The maximum absolute atomic E-state index is 13.3. The highest BCUT2D eigenvalue weighted by Crippen LogP contribution is 2.23. The van der Waals surface area contributed by atoms with Crippen molar-refractivity contribution in [3.63, 3.8) is 0 Å². The molecule has 200 valence electrons. The molecule has 0 unspecified atom stereocenters. The molecule has 0 radical (unpaired) electrons. The van der Waals surface area contributed by atoms with Gasteiger partial charge in [0.25, 0.3) is 5.91 Å². The number of nitrogens with zero attached hydrogens (tertiary/aromatic N) is 3. The lowest BCUT2D eigenvalue weighted by atomic mass is 9.79. The van der Waals surface area contributed by atoms with E-state index in [-0.39, 0.29) is 24.3 Å². The van der Waals surface area contributed by atoms with Gasteiger partial charge in [-0.25, -0.2) is 4.79 Å². The van der Waals surface area contributed by atoms with E-state index < -0.39 is 30.9 Å². The molecule has 3 rings (SSSR count). The molecule has 1 aromatic carbocycles. The summed E-state index contributed by atoms with van der Waals surface area (Å²) in [5.74, 6) is -0.370. The quantitative estimate of drug-likeness (QED) is 0.273. The summed E-state index contributed by atoms with van der Waals surface area (Å²) in [5.41, 5.74) is 0.301. The van der Waals surface area contributed by atoms with E-state index in [1.807, 2.05) is 19.9 Å². The SMILES string of the molecule is CC(C)(C=C(C#N)C(=O)N1CCCC[C@H](OC(=O)N[C@H](CB(O)O)c2ccccc2)C1)N1CCOCC1. The summed E-state index contributed by atoms with van der Waals surface area (Å²) in [7, 11) is -1.60. The van der Waals surface area contributed by atoms with Crippen LogP contribution in [0.3, 0.4) is 0 Å². The fourth-order valence-electron chi connectivity index (χ4n) is 4.78. The molecule has 0 spiro atoms. The lowest BCUT2D eigenvalue weighted by Gasteiger charge is -2.39. The van der Waals surface area contributed by atoms with Gasteiger partial charge in [0, 0.05) is 31.5 Å². The highest BCUT2D eigenvalue weighted by atomic mass is 16.6. The number of amides is 2. The summed E-state index contributed by atoms with van der Waals surface area (Å²) >= 11 is 0. The van der Waals surface area contributed by atoms with Gasteiger partial charge in [-0.2, -0.15) is 5.26 Å². The van der Waals surface area contributed by atoms with Gasteiger partial charge in [-0.15, -0.1) is 0 Å². The first-order valence-electron chi connectivity index (χ1n) is 12.8. The second kappa shape index (κ2) is 13.6. The van der Waals surface area contributed by atoms with E-state index in [0.29, 0.717) is 26.2 Å². The van der Waals surface area contributed by atoms with Crippen molar-refractivity contribution in [1.29, 1.82) is 5.26 Å². The Labute approximate surface area is 219 Å². The molecule has 2 amide bonds. The van der Waals surface area contributed by atoms with Gasteiger partial charge in [0.05, 0.1) is 25.8 Å². The molecule has 11 heteroatoms. The predicted octanol–water partition coefficient (Wildman–Crippen LogP) is 1.87. The van der Waals surface area contributed by atoms with Gasteiger partial charge < -0.3 is 29.7 Å². The zero-order valence-corrected chi connectivity index (χ0v) is 21.6. The molecular weight excluding hydrogens is 475 g/mol. The Bertz CT molecular complexity index is 975. The van der Waals surface area contributed by atoms with E-state index in [1.165, 1.54) is 0 Å². The number of rotatable bonds is 8. The molecule has 0 bridgehead atoms. The smallest absolute Gasteiger partial charge is 0.444 e. The first kappa shape index (κ1) is 28.7. The van der Waals surface area contributed by atoms with Crippen LogP contribution in [0.1, 0.15) is 44.7 Å². The highest BCUT2D eigenvalue weighted by molar-refractivity contribution is 6.41. The molecule has 37 heavy (non-hydrogen) atoms. The van der Waals surface area contributed by atoms with Crippen LogP contribution in [0, 0.1) is 11.3 Å². The average molecular weight is 512 g/mol. The van der Waals surface area contributed by atoms with Gasteiger partial charge in [-0.1, -0.05) is 30.3 Å². The van der Waals surface area contributed by atoms with Crippen LogP contribution in [0.25, 0.3) is 0 Å². The zero-order valence-electron chi connectivity index (χ0n) is 21.6. The fourth-order valence-corrected chi connectivity index (χ4v) is 4.78. The Balaban J connectivity index is 1.65. The fraction of sp³-hybridized carbons (Fsp3) is 0.577. The zero-order chi connectivity index (χ0) is 26.8. The Morgan fingerprint density at radius 2 is 1.95 bits per heavy atom. The molecule has 2 fully saturated rings. The molecule has 2 saturated heterocycles. The van der Waals surface area contributed by atoms with Crippen LogP contribution < -0.4 is 5.32 Å². The molecule has 2 heterocycles. The number of ether oxygens (including phenoxy) is 2. The maximum Gasteiger partial charge on any atom is 0.453 e. The second-order valence-electron chi connectivity index (χ2n) is 10.0. The van der Waals surface area contributed by atoms with Gasteiger partial charge >= 0.3 is 13.2 Å². The molecule has 10 nitrogen and oxygen atoms in total. The summed E-state index contributed by atoms with van der Waals surface area (Å²) in [5, 5.41) is 31.5. The van der Waals surface area contributed by atoms with Crippen LogP contribution >= 0.6 is 0 Å². The summed E-state index contributed by atoms with van der Waals surface area (Å²) < 4.78 is 11.1. The Morgan fingerprint density at radius 1 is 1.24 bits per heavy atom. The lowest BCUT2D eigenvalue weighted by molar-refractivity contribution is -0.127.